The van der Waals surface area contributed by atoms with Crippen molar-refractivity contribution in [3.05, 3.63) is 35.9 Å². The van der Waals surface area contributed by atoms with E-state index >= 15 is 0 Å². The van der Waals surface area contributed by atoms with Crippen molar-refractivity contribution in [3.8, 4) is 0 Å². The average Bonchev–Trinajstić information content (AvgIpc) is 2.14. The van der Waals surface area contributed by atoms with Crippen molar-refractivity contribution in [3.63, 3.8) is 0 Å². The normalized spacial score (nSPS) is 9.93. The summed E-state index contributed by atoms with van der Waals surface area (Å²) in [6.45, 7) is 1.28. The maximum Gasteiger partial charge on any atom is 0.0766 e. The Labute approximate surface area is 97.9 Å². The Balaban J connectivity index is 0.00000169. The topological polar surface area (TPSA) is 4.44 Å². The van der Waals surface area contributed by atoms with Crippen molar-refractivity contribution in [2.45, 2.75) is 19.3 Å². The lowest BCUT2D eigenvalue weighted by atomic mass is 10.1. The molecular formula is C12H20BrN. The molecule has 1 N–H and O–H groups in total. The molecule has 1 aromatic rings. The first-order chi connectivity index (χ1) is 6.29. The molecule has 1 nitrogen and oxygen atoms in total. The molecule has 0 saturated heterocycles. The summed E-state index contributed by atoms with van der Waals surface area (Å²) in [5.74, 6) is 0. The summed E-state index contributed by atoms with van der Waals surface area (Å²) < 4.78 is 0. The first kappa shape index (κ1) is 13.7. The highest BCUT2D eigenvalue weighted by Crippen LogP contribution is 2.03. The van der Waals surface area contributed by atoms with E-state index < -0.39 is 0 Å². The number of halogens is 1. The fraction of sp³-hybridized carbons (Fsp3) is 0.500. The van der Waals surface area contributed by atoms with E-state index in [0.29, 0.717) is 0 Å². The van der Waals surface area contributed by atoms with Crippen LogP contribution in [0.3, 0.4) is 0 Å². The predicted octanol–water partition coefficient (Wildman–Crippen LogP) is -1.84. The molecule has 1 aromatic carbocycles. The van der Waals surface area contributed by atoms with Gasteiger partial charge in [-0.2, -0.15) is 0 Å². The van der Waals surface area contributed by atoms with Crippen LogP contribution < -0.4 is 21.9 Å². The van der Waals surface area contributed by atoms with Gasteiger partial charge in [-0.05, 0) is 24.8 Å². The van der Waals surface area contributed by atoms with Gasteiger partial charge in [-0.1, -0.05) is 30.3 Å². The highest BCUT2D eigenvalue weighted by Gasteiger charge is 1.94. The zero-order valence-corrected chi connectivity index (χ0v) is 10.7. The van der Waals surface area contributed by atoms with Gasteiger partial charge in [0, 0.05) is 0 Å². The van der Waals surface area contributed by atoms with Gasteiger partial charge in [0.2, 0.25) is 0 Å². The largest absolute Gasteiger partial charge is 1.00 e. The van der Waals surface area contributed by atoms with Gasteiger partial charge in [-0.3, -0.25) is 0 Å². The molecule has 0 unspecified atom stereocenters. The minimum Gasteiger partial charge on any atom is -1.00 e. The summed E-state index contributed by atoms with van der Waals surface area (Å²) in [5, 5.41) is 0. The van der Waals surface area contributed by atoms with Gasteiger partial charge < -0.3 is 21.9 Å². The summed E-state index contributed by atoms with van der Waals surface area (Å²) in [6, 6.07) is 10.7. The van der Waals surface area contributed by atoms with Crippen molar-refractivity contribution in [2.75, 3.05) is 20.6 Å². The number of nitrogens with one attached hydrogen (secondary N) is 1. The number of hydrogen-bond acceptors (Lipinski definition) is 0. The quantitative estimate of drug-likeness (QED) is 0.592. The second-order valence-electron chi connectivity index (χ2n) is 3.90. The molecule has 0 amide bonds. The van der Waals surface area contributed by atoms with Crippen LogP contribution in [0, 0.1) is 0 Å². The summed E-state index contributed by atoms with van der Waals surface area (Å²) in [4.78, 5) is 1.55. The van der Waals surface area contributed by atoms with Crippen LogP contribution >= 0.6 is 0 Å². The molecule has 0 aromatic heterocycles. The fourth-order valence-electron chi connectivity index (χ4n) is 1.45. The fourth-order valence-corrected chi connectivity index (χ4v) is 1.45. The van der Waals surface area contributed by atoms with Gasteiger partial charge in [-0.25, -0.2) is 0 Å². The van der Waals surface area contributed by atoms with Crippen LogP contribution in [0.2, 0.25) is 0 Å². The van der Waals surface area contributed by atoms with Crippen molar-refractivity contribution >= 4 is 0 Å². The standard InChI is InChI=1S/C12H19N.BrH/c1-13(2)11-7-6-10-12-8-4-3-5-9-12;/h3-5,8-9H,6-7,10-11H2,1-2H3;1H. The van der Waals surface area contributed by atoms with E-state index in [2.05, 4.69) is 44.4 Å². The maximum atomic E-state index is 2.21. The van der Waals surface area contributed by atoms with E-state index in [4.69, 9.17) is 0 Å². The van der Waals surface area contributed by atoms with E-state index in [9.17, 15) is 0 Å². The summed E-state index contributed by atoms with van der Waals surface area (Å²) in [6.07, 6.45) is 3.88. The van der Waals surface area contributed by atoms with Gasteiger partial charge in [0.15, 0.2) is 0 Å². The first-order valence-electron chi connectivity index (χ1n) is 5.12. The SMILES string of the molecule is C[NH+](C)CCCCc1ccccc1.[Br-]. The Morgan fingerprint density at radius 3 is 2.21 bits per heavy atom. The lowest BCUT2D eigenvalue weighted by Gasteiger charge is -2.06. The molecule has 0 aliphatic heterocycles. The number of hydrogen-bond donors (Lipinski definition) is 1. The molecule has 0 heterocycles. The van der Waals surface area contributed by atoms with Crippen LogP contribution in [0.1, 0.15) is 18.4 Å². The molecule has 0 saturated carbocycles. The molecule has 0 spiro atoms. The van der Waals surface area contributed by atoms with Crippen molar-refractivity contribution in [1.29, 1.82) is 0 Å². The van der Waals surface area contributed by atoms with Gasteiger partial charge in [0.25, 0.3) is 0 Å². The number of rotatable bonds is 5. The molecule has 0 bridgehead atoms. The molecule has 14 heavy (non-hydrogen) atoms. The smallest absolute Gasteiger partial charge is 0.0766 e. The van der Waals surface area contributed by atoms with E-state index in [0.717, 1.165) is 0 Å². The molecular weight excluding hydrogens is 238 g/mol. The predicted molar refractivity (Wildman–Crippen MR) is 57.1 cm³/mol. The Morgan fingerprint density at radius 2 is 1.64 bits per heavy atom. The lowest BCUT2D eigenvalue weighted by Crippen LogP contribution is -3.05. The minimum absolute atomic E-state index is 0. The van der Waals surface area contributed by atoms with Crippen LogP contribution in [0.4, 0.5) is 0 Å². The van der Waals surface area contributed by atoms with Crippen molar-refractivity contribution < 1.29 is 21.9 Å². The average molecular weight is 258 g/mol. The summed E-state index contributed by atoms with van der Waals surface area (Å²) >= 11 is 0. The van der Waals surface area contributed by atoms with Crippen LogP contribution in [0.5, 0.6) is 0 Å². The highest BCUT2D eigenvalue weighted by atomic mass is 79.9. The Bertz CT molecular complexity index is 221. The zero-order chi connectivity index (χ0) is 9.52. The van der Waals surface area contributed by atoms with Gasteiger partial charge in [-0.15, -0.1) is 0 Å². The van der Waals surface area contributed by atoms with Gasteiger partial charge >= 0.3 is 0 Å². The Morgan fingerprint density at radius 1 is 1.00 bits per heavy atom. The second kappa shape index (κ2) is 8.01. The number of quaternary nitrogens is 1. The molecule has 0 fully saturated rings. The number of unbranched alkanes of at least 4 members (excludes halogenated alkanes) is 1. The molecule has 0 aliphatic rings. The molecule has 1 rings (SSSR count). The van der Waals surface area contributed by atoms with Crippen molar-refractivity contribution in [2.24, 2.45) is 0 Å². The summed E-state index contributed by atoms with van der Waals surface area (Å²) in [5.41, 5.74) is 1.47. The Kier molecular flexibility index (Phi) is 7.81. The summed E-state index contributed by atoms with van der Waals surface area (Å²) in [7, 11) is 4.42. The van der Waals surface area contributed by atoms with E-state index in [1.807, 2.05) is 0 Å². The third-order valence-electron chi connectivity index (χ3n) is 2.24. The van der Waals surface area contributed by atoms with E-state index in [-0.39, 0.29) is 17.0 Å². The molecule has 0 atom stereocenters. The van der Waals surface area contributed by atoms with Crippen LogP contribution in [-0.2, 0) is 6.42 Å². The molecule has 80 valence electrons. The van der Waals surface area contributed by atoms with Crippen LogP contribution in [-0.4, -0.2) is 20.6 Å². The number of benzene rings is 1. The Hall–Kier alpha value is -0.340. The number of aryl methyl sites for hydroxylation is 1. The van der Waals surface area contributed by atoms with Gasteiger partial charge in [0.05, 0.1) is 20.6 Å². The third kappa shape index (κ3) is 6.17. The maximum absolute atomic E-state index is 2.21. The monoisotopic (exact) mass is 257 g/mol. The highest BCUT2D eigenvalue weighted by molar-refractivity contribution is 5.14. The van der Waals surface area contributed by atoms with Crippen LogP contribution in [0.25, 0.3) is 0 Å². The van der Waals surface area contributed by atoms with Crippen LogP contribution in [0.15, 0.2) is 30.3 Å². The zero-order valence-electron chi connectivity index (χ0n) is 9.09. The minimum atomic E-state index is 0. The first-order valence-corrected chi connectivity index (χ1v) is 5.12. The second-order valence-corrected chi connectivity index (χ2v) is 3.90. The molecule has 0 aliphatic carbocycles. The van der Waals surface area contributed by atoms with Gasteiger partial charge in [0.1, 0.15) is 0 Å². The van der Waals surface area contributed by atoms with E-state index in [1.165, 1.54) is 31.4 Å². The lowest BCUT2D eigenvalue weighted by molar-refractivity contribution is -0.858. The molecule has 2 heteroatoms. The van der Waals surface area contributed by atoms with E-state index in [1.54, 1.807) is 4.90 Å². The third-order valence-corrected chi connectivity index (χ3v) is 2.24. The molecule has 0 radical (unpaired) electrons. The van der Waals surface area contributed by atoms with Crippen molar-refractivity contribution in [1.82, 2.24) is 0 Å².